The summed E-state index contributed by atoms with van der Waals surface area (Å²) in [6.45, 7) is 8.76. The monoisotopic (exact) mass is 332 g/mol. The number of hydrogen-bond donors (Lipinski definition) is 2. The predicted octanol–water partition coefficient (Wildman–Crippen LogP) is 4.05. The van der Waals surface area contributed by atoms with E-state index in [1.54, 1.807) is 0 Å². The highest BCUT2D eigenvalue weighted by molar-refractivity contribution is 5.94. The predicted molar refractivity (Wildman–Crippen MR) is 100 cm³/mol. The Bertz CT molecular complexity index is 529. The standard InChI is InChI=1S/C20H32N2O2/c1-20(2,3)12-6-9-19(24)21-17-7-4-5-8-18(17)22-13-10-16(15-23)11-14-22/h4-5,7-8,16,23H,6,9-15H2,1-3H3,(H,21,24). The van der Waals surface area contributed by atoms with E-state index >= 15 is 0 Å². The second-order valence-electron chi connectivity index (χ2n) is 8.09. The number of nitrogens with zero attached hydrogens (tertiary/aromatic N) is 1. The minimum atomic E-state index is 0.0944. The van der Waals surface area contributed by atoms with E-state index in [2.05, 4.69) is 37.1 Å². The Kier molecular flexibility index (Phi) is 6.67. The molecule has 1 aromatic rings. The number of amides is 1. The first-order valence-electron chi connectivity index (χ1n) is 9.14. The van der Waals surface area contributed by atoms with Crippen LogP contribution in [0.25, 0.3) is 0 Å². The van der Waals surface area contributed by atoms with Crippen molar-refractivity contribution >= 4 is 17.3 Å². The first-order valence-corrected chi connectivity index (χ1v) is 9.14. The molecule has 1 aromatic carbocycles. The number of rotatable bonds is 6. The van der Waals surface area contributed by atoms with Crippen molar-refractivity contribution in [3.63, 3.8) is 0 Å². The minimum absolute atomic E-state index is 0.0944. The van der Waals surface area contributed by atoms with Crippen LogP contribution >= 0.6 is 0 Å². The molecule has 1 aliphatic heterocycles. The summed E-state index contributed by atoms with van der Waals surface area (Å²) >= 11 is 0. The van der Waals surface area contributed by atoms with E-state index in [0.717, 1.165) is 50.1 Å². The van der Waals surface area contributed by atoms with E-state index in [1.807, 2.05) is 18.2 Å². The third-order valence-corrected chi connectivity index (χ3v) is 4.72. The molecular weight excluding hydrogens is 300 g/mol. The van der Waals surface area contributed by atoms with E-state index in [9.17, 15) is 9.90 Å². The molecule has 0 spiro atoms. The maximum atomic E-state index is 12.3. The molecule has 24 heavy (non-hydrogen) atoms. The largest absolute Gasteiger partial charge is 0.396 e. The molecule has 1 fully saturated rings. The molecule has 1 saturated heterocycles. The Hall–Kier alpha value is -1.55. The van der Waals surface area contributed by atoms with Gasteiger partial charge in [-0.3, -0.25) is 4.79 Å². The Morgan fingerprint density at radius 2 is 1.92 bits per heavy atom. The lowest BCUT2D eigenvalue weighted by molar-refractivity contribution is -0.116. The first kappa shape index (κ1) is 18.8. The van der Waals surface area contributed by atoms with Gasteiger partial charge in [-0.1, -0.05) is 32.9 Å². The van der Waals surface area contributed by atoms with Gasteiger partial charge in [0.2, 0.25) is 5.91 Å². The van der Waals surface area contributed by atoms with Gasteiger partial charge in [0.1, 0.15) is 0 Å². The van der Waals surface area contributed by atoms with Gasteiger partial charge >= 0.3 is 0 Å². The van der Waals surface area contributed by atoms with Crippen molar-refractivity contribution in [3.05, 3.63) is 24.3 Å². The van der Waals surface area contributed by atoms with Crippen LogP contribution in [0.3, 0.4) is 0 Å². The van der Waals surface area contributed by atoms with Crippen LogP contribution < -0.4 is 10.2 Å². The van der Waals surface area contributed by atoms with E-state index in [4.69, 9.17) is 0 Å². The molecule has 0 atom stereocenters. The summed E-state index contributed by atoms with van der Waals surface area (Å²) in [4.78, 5) is 14.6. The molecule has 0 aliphatic carbocycles. The van der Waals surface area contributed by atoms with Crippen LogP contribution in [0.2, 0.25) is 0 Å². The van der Waals surface area contributed by atoms with Crippen LogP contribution in [-0.4, -0.2) is 30.7 Å². The highest BCUT2D eigenvalue weighted by Gasteiger charge is 2.21. The molecule has 1 aliphatic rings. The van der Waals surface area contributed by atoms with Crippen molar-refractivity contribution in [2.45, 2.75) is 52.9 Å². The normalized spacial score (nSPS) is 16.2. The highest BCUT2D eigenvalue weighted by Crippen LogP contribution is 2.30. The Morgan fingerprint density at radius 1 is 1.25 bits per heavy atom. The van der Waals surface area contributed by atoms with Gasteiger partial charge in [0, 0.05) is 26.1 Å². The third kappa shape index (κ3) is 5.82. The smallest absolute Gasteiger partial charge is 0.224 e. The van der Waals surface area contributed by atoms with Crippen molar-refractivity contribution in [2.24, 2.45) is 11.3 Å². The number of carbonyl (C=O) groups excluding carboxylic acids is 1. The first-order chi connectivity index (χ1) is 11.4. The average molecular weight is 332 g/mol. The van der Waals surface area contributed by atoms with E-state index in [-0.39, 0.29) is 17.9 Å². The maximum Gasteiger partial charge on any atom is 0.224 e. The number of aliphatic hydroxyl groups excluding tert-OH is 1. The number of anilines is 2. The zero-order valence-corrected chi connectivity index (χ0v) is 15.3. The van der Waals surface area contributed by atoms with Crippen LogP contribution in [-0.2, 0) is 4.79 Å². The molecule has 4 nitrogen and oxygen atoms in total. The Labute approximate surface area is 146 Å². The second-order valence-corrected chi connectivity index (χ2v) is 8.09. The van der Waals surface area contributed by atoms with Crippen LogP contribution in [0.4, 0.5) is 11.4 Å². The molecule has 4 heteroatoms. The lowest BCUT2D eigenvalue weighted by Gasteiger charge is -2.34. The molecule has 0 radical (unpaired) electrons. The van der Waals surface area contributed by atoms with E-state index in [0.29, 0.717) is 12.3 Å². The molecular formula is C20H32N2O2. The molecule has 1 amide bonds. The number of piperidine rings is 1. The Balaban J connectivity index is 1.93. The molecule has 2 N–H and O–H groups in total. The summed E-state index contributed by atoms with van der Waals surface area (Å²) in [5.41, 5.74) is 2.27. The van der Waals surface area contributed by atoms with Crippen molar-refractivity contribution in [1.29, 1.82) is 0 Å². The number of para-hydroxylation sites is 2. The minimum Gasteiger partial charge on any atom is -0.396 e. The maximum absolute atomic E-state index is 12.3. The zero-order valence-electron chi connectivity index (χ0n) is 15.3. The molecule has 1 heterocycles. The fourth-order valence-corrected chi connectivity index (χ4v) is 3.20. The number of nitrogens with one attached hydrogen (secondary N) is 1. The zero-order chi connectivity index (χ0) is 17.6. The van der Waals surface area contributed by atoms with Crippen molar-refractivity contribution < 1.29 is 9.90 Å². The molecule has 0 aromatic heterocycles. The van der Waals surface area contributed by atoms with E-state index in [1.165, 1.54) is 0 Å². The molecule has 2 rings (SSSR count). The summed E-state index contributed by atoms with van der Waals surface area (Å²) in [5.74, 6) is 0.511. The number of hydrogen-bond acceptors (Lipinski definition) is 3. The van der Waals surface area contributed by atoms with Crippen LogP contribution in [0.15, 0.2) is 24.3 Å². The number of benzene rings is 1. The summed E-state index contributed by atoms with van der Waals surface area (Å²) in [5, 5.41) is 12.4. The van der Waals surface area contributed by atoms with Crippen molar-refractivity contribution in [1.82, 2.24) is 0 Å². The van der Waals surface area contributed by atoms with Crippen molar-refractivity contribution in [2.75, 3.05) is 29.9 Å². The van der Waals surface area contributed by atoms with Gasteiger partial charge < -0.3 is 15.3 Å². The Morgan fingerprint density at radius 3 is 2.54 bits per heavy atom. The van der Waals surface area contributed by atoms with Crippen molar-refractivity contribution in [3.8, 4) is 0 Å². The van der Waals surface area contributed by atoms with E-state index < -0.39 is 0 Å². The van der Waals surface area contributed by atoms with Crippen LogP contribution in [0, 0.1) is 11.3 Å². The molecule has 0 bridgehead atoms. The third-order valence-electron chi connectivity index (χ3n) is 4.72. The highest BCUT2D eigenvalue weighted by atomic mass is 16.3. The van der Waals surface area contributed by atoms with Gasteiger partial charge in [-0.15, -0.1) is 0 Å². The topological polar surface area (TPSA) is 52.6 Å². The lowest BCUT2D eigenvalue weighted by atomic mass is 9.90. The van der Waals surface area contributed by atoms with Crippen LogP contribution in [0.5, 0.6) is 0 Å². The average Bonchev–Trinajstić information content (AvgIpc) is 2.54. The van der Waals surface area contributed by atoms with Gasteiger partial charge in [-0.25, -0.2) is 0 Å². The van der Waals surface area contributed by atoms with Crippen LogP contribution in [0.1, 0.15) is 52.9 Å². The van der Waals surface area contributed by atoms with Gasteiger partial charge in [-0.05, 0) is 49.1 Å². The fraction of sp³-hybridized carbons (Fsp3) is 0.650. The summed E-state index contributed by atoms with van der Waals surface area (Å²) in [6, 6.07) is 8.04. The van der Waals surface area contributed by atoms with Gasteiger partial charge in [0.05, 0.1) is 11.4 Å². The quantitative estimate of drug-likeness (QED) is 0.826. The summed E-state index contributed by atoms with van der Waals surface area (Å²) in [7, 11) is 0. The molecule has 134 valence electrons. The fourth-order valence-electron chi connectivity index (χ4n) is 3.20. The summed E-state index contributed by atoms with van der Waals surface area (Å²) in [6.07, 6.45) is 4.54. The lowest BCUT2D eigenvalue weighted by Crippen LogP contribution is -2.35. The summed E-state index contributed by atoms with van der Waals surface area (Å²) < 4.78 is 0. The molecule has 0 saturated carbocycles. The van der Waals surface area contributed by atoms with Gasteiger partial charge in [0.15, 0.2) is 0 Å². The number of aliphatic hydroxyl groups is 1. The number of carbonyl (C=O) groups is 1. The SMILES string of the molecule is CC(C)(C)CCCC(=O)Nc1ccccc1N1CCC(CO)CC1. The second kappa shape index (κ2) is 8.52. The van der Waals surface area contributed by atoms with Gasteiger partial charge in [0.25, 0.3) is 0 Å². The van der Waals surface area contributed by atoms with Gasteiger partial charge in [-0.2, -0.15) is 0 Å². The molecule has 0 unspecified atom stereocenters.